The number of aromatic nitrogens is 1. The Labute approximate surface area is 152 Å². The minimum absolute atomic E-state index is 0.141. The van der Waals surface area contributed by atoms with Gasteiger partial charge in [-0.05, 0) is 31.0 Å². The van der Waals surface area contributed by atoms with Crippen molar-refractivity contribution in [2.24, 2.45) is 0 Å². The molecule has 0 radical (unpaired) electrons. The Hall–Kier alpha value is -2.30. The molecule has 2 aromatic carbocycles. The quantitative estimate of drug-likeness (QED) is 0.757. The Morgan fingerprint density at radius 3 is 2.36 bits per heavy atom. The molecule has 1 saturated heterocycles. The van der Waals surface area contributed by atoms with Crippen molar-refractivity contribution < 1.29 is 4.79 Å². The summed E-state index contributed by atoms with van der Waals surface area (Å²) in [6.07, 6.45) is 3.44. The fourth-order valence-corrected chi connectivity index (χ4v) is 3.84. The molecule has 1 fully saturated rings. The maximum absolute atomic E-state index is 12.9. The number of hydrogen-bond donors (Lipinski definition) is 1. The average molecular weight is 354 g/mol. The smallest absolute Gasteiger partial charge is 0.269 e. The van der Waals surface area contributed by atoms with Crippen LogP contribution < -0.4 is 5.43 Å². The van der Waals surface area contributed by atoms with Crippen molar-refractivity contribution in [1.29, 1.82) is 0 Å². The predicted octanol–water partition coefficient (Wildman–Crippen LogP) is 4.41. The van der Waals surface area contributed by atoms with E-state index in [2.05, 4.69) is 5.43 Å². The minimum atomic E-state index is -0.141. The molecule has 1 aliphatic heterocycles. The molecule has 3 aromatic rings. The number of carbonyl (C=O) groups is 1. The molecule has 5 heteroatoms. The highest BCUT2D eigenvalue weighted by atomic mass is 35.5. The Morgan fingerprint density at radius 1 is 0.920 bits per heavy atom. The molecule has 0 unspecified atom stereocenters. The number of nitrogens with zero attached hydrogens (tertiary/aromatic N) is 2. The second-order valence-corrected chi connectivity index (χ2v) is 6.70. The number of rotatable bonds is 3. The number of halogens is 1. The first-order valence-corrected chi connectivity index (χ1v) is 9.04. The van der Waals surface area contributed by atoms with Gasteiger partial charge in [-0.15, -0.1) is 0 Å². The van der Waals surface area contributed by atoms with E-state index < -0.39 is 0 Å². The van der Waals surface area contributed by atoms with Crippen LogP contribution in [0.1, 0.15) is 29.6 Å². The van der Waals surface area contributed by atoms with Crippen LogP contribution >= 0.6 is 11.6 Å². The number of fused-ring (bicyclic) bond motifs is 1. The number of hydrogen-bond acceptors (Lipinski definition) is 2. The second kappa shape index (κ2) is 6.90. The predicted molar refractivity (Wildman–Crippen MR) is 101 cm³/mol. The SMILES string of the molecule is O=C(NN1CCCCC1)c1c(Cl)n(-c2ccccc2)c2ccccc12. The largest absolute Gasteiger partial charge is 0.299 e. The molecule has 1 N–H and O–H groups in total. The zero-order valence-corrected chi connectivity index (χ0v) is 14.7. The van der Waals surface area contributed by atoms with Gasteiger partial charge in [0.25, 0.3) is 5.91 Å². The molecular formula is C20H20ClN3O. The minimum Gasteiger partial charge on any atom is -0.299 e. The first kappa shape index (κ1) is 16.2. The van der Waals surface area contributed by atoms with E-state index in [9.17, 15) is 4.79 Å². The van der Waals surface area contributed by atoms with Crippen LogP contribution in [0.2, 0.25) is 5.15 Å². The topological polar surface area (TPSA) is 37.3 Å². The Bertz CT molecular complexity index is 898. The average Bonchev–Trinajstić information content (AvgIpc) is 2.95. The van der Waals surface area contributed by atoms with Gasteiger partial charge in [-0.25, -0.2) is 5.01 Å². The van der Waals surface area contributed by atoms with Crippen molar-refractivity contribution in [1.82, 2.24) is 15.0 Å². The zero-order chi connectivity index (χ0) is 17.2. The van der Waals surface area contributed by atoms with Gasteiger partial charge >= 0.3 is 0 Å². The maximum Gasteiger partial charge on any atom is 0.269 e. The number of hydrazine groups is 1. The molecule has 0 bridgehead atoms. The molecular weight excluding hydrogens is 334 g/mol. The van der Waals surface area contributed by atoms with Gasteiger partial charge in [-0.3, -0.25) is 14.8 Å². The summed E-state index contributed by atoms with van der Waals surface area (Å²) in [4.78, 5) is 12.9. The number of para-hydroxylation sites is 2. The van der Waals surface area contributed by atoms with Gasteiger partial charge < -0.3 is 0 Å². The molecule has 0 spiro atoms. The Balaban J connectivity index is 1.79. The summed E-state index contributed by atoms with van der Waals surface area (Å²) in [6.45, 7) is 1.78. The van der Waals surface area contributed by atoms with Crippen LogP contribution in [-0.2, 0) is 0 Å². The maximum atomic E-state index is 12.9. The Morgan fingerprint density at radius 2 is 1.60 bits per heavy atom. The summed E-state index contributed by atoms with van der Waals surface area (Å²) in [7, 11) is 0. The molecule has 2 heterocycles. The zero-order valence-electron chi connectivity index (χ0n) is 13.9. The van der Waals surface area contributed by atoms with Gasteiger partial charge in [-0.2, -0.15) is 0 Å². The van der Waals surface area contributed by atoms with E-state index in [0.717, 1.165) is 42.5 Å². The van der Waals surface area contributed by atoms with Gasteiger partial charge in [0.15, 0.2) is 0 Å². The number of piperidine rings is 1. The number of nitrogens with one attached hydrogen (secondary N) is 1. The van der Waals surface area contributed by atoms with E-state index >= 15 is 0 Å². The van der Waals surface area contributed by atoms with Gasteiger partial charge in [0.05, 0.1) is 11.1 Å². The summed E-state index contributed by atoms with van der Waals surface area (Å²) in [5.74, 6) is -0.141. The number of benzene rings is 2. The first-order valence-electron chi connectivity index (χ1n) is 8.66. The van der Waals surface area contributed by atoms with E-state index in [1.165, 1.54) is 6.42 Å². The molecule has 1 amide bonds. The van der Waals surface area contributed by atoms with Gasteiger partial charge in [0, 0.05) is 24.2 Å². The van der Waals surface area contributed by atoms with Crippen LogP contribution in [0, 0.1) is 0 Å². The van der Waals surface area contributed by atoms with Crippen molar-refractivity contribution in [3.63, 3.8) is 0 Å². The fraction of sp³-hybridized carbons (Fsp3) is 0.250. The third-order valence-corrected chi connectivity index (χ3v) is 5.03. The normalized spacial score (nSPS) is 15.4. The lowest BCUT2D eigenvalue weighted by atomic mass is 10.1. The monoisotopic (exact) mass is 353 g/mol. The van der Waals surface area contributed by atoms with E-state index in [1.54, 1.807) is 0 Å². The van der Waals surface area contributed by atoms with Crippen molar-refractivity contribution in [2.45, 2.75) is 19.3 Å². The van der Waals surface area contributed by atoms with Crippen molar-refractivity contribution in [3.8, 4) is 5.69 Å². The van der Waals surface area contributed by atoms with Crippen LogP contribution in [0.25, 0.3) is 16.6 Å². The third-order valence-electron chi connectivity index (χ3n) is 4.67. The number of carbonyl (C=O) groups excluding carboxylic acids is 1. The van der Waals surface area contributed by atoms with E-state index in [0.29, 0.717) is 10.7 Å². The van der Waals surface area contributed by atoms with Crippen LogP contribution in [-0.4, -0.2) is 28.6 Å². The van der Waals surface area contributed by atoms with E-state index in [1.807, 2.05) is 64.2 Å². The summed E-state index contributed by atoms with van der Waals surface area (Å²) in [5, 5.41) is 3.31. The summed E-state index contributed by atoms with van der Waals surface area (Å²) in [5.41, 5.74) is 5.44. The highest BCUT2D eigenvalue weighted by Crippen LogP contribution is 2.33. The summed E-state index contributed by atoms with van der Waals surface area (Å²) < 4.78 is 1.93. The molecule has 4 nitrogen and oxygen atoms in total. The molecule has 1 aromatic heterocycles. The van der Waals surface area contributed by atoms with Crippen molar-refractivity contribution >= 4 is 28.4 Å². The lowest BCUT2D eigenvalue weighted by Crippen LogP contribution is -2.45. The Kier molecular flexibility index (Phi) is 4.47. The molecule has 1 aliphatic rings. The lowest BCUT2D eigenvalue weighted by molar-refractivity contribution is 0.0752. The first-order chi connectivity index (χ1) is 12.3. The van der Waals surface area contributed by atoms with Crippen LogP contribution in [0.15, 0.2) is 54.6 Å². The lowest BCUT2D eigenvalue weighted by Gasteiger charge is -2.26. The van der Waals surface area contributed by atoms with E-state index in [-0.39, 0.29) is 5.91 Å². The third kappa shape index (κ3) is 3.03. The molecule has 128 valence electrons. The molecule has 4 rings (SSSR count). The van der Waals surface area contributed by atoms with Crippen LogP contribution in [0.4, 0.5) is 0 Å². The van der Waals surface area contributed by atoms with Gasteiger partial charge in [-0.1, -0.05) is 54.4 Å². The standard InChI is InChI=1S/C20H20ClN3O/c21-19-18(20(25)22-23-13-7-2-8-14-23)16-11-5-6-12-17(16)24(19)15-9-3-1-4-10-15/h1,3-6,9-12H,2,7-8,13-14H2,(H,22,25). The highest BCUT2D eigenvalue weighted by Gasteiger charge is 2.23. The second-order valence-electron chi connectivity index (χ2n) is 6.34. The van der Waals surface area contributed by atoms with Crippen LogP contribution in [0.5, 0.6) is 0 Å². The fourth-order valence-electron chi connectivity index (χ4n) is 3.46. The molecule has 0 aliphatic carbocycles. The summed E-state index contributed by atoms with van der Waals surface area (Å²) in [6, 6.07) is 17.7. The highest BCUT2D eigenvalue weighted by molar-refractivity contribution is 6.35. The van der Waals surface area contributed by atoms with Crippen molar-refractivity contribution in [2.75, 3.05) is 13.1 Å². The van der Waals surface area contributed by atoms with Crippen LogP contribution in [0.3, 0.4) is 0 Å². The molecule has 0 saturated carbocycles. The van der Waals surface area contributed by atoms with E-state index in [4.69, 9.17) is 11.6 Å². The van der Waals surface area contributed by atoms with Gasteiger partial charge in [0.1, 0.15) is 5.15 Å². The molecule has 25 heavy (non-hydrogen) atoms. The van der Waals surface area contributed by atoms with Gasteiger partial charge in [0.2, 0.25) is 0 Å². The molecule has 0 atom stereocenters. The van der Waals surface area contributed by atoms with Crippen molar-refractivity contribution in [3.05, 3.63) is 65.3 Å². The summed E-state index contributed by atoms with van der Waals surface area (Å²) >= 11 is 6.68. The number of amides is 1.